The number of nitrogens with zero attached hydrogens (tertiary/aromatic N) is 4. The number of hydrogen-bond donors (Lipinski definition) is 0. The van der Waals surface area contributed by atoms with Crippen molar-refractivity contribution >= 4 is 23.1 Å². The van der Waals surface area contributed by atoms with Crippen LogP contribution in [0.15, 0.2) is 52.4 Å². The highest BCUT2D eigenvalue weighted by atomic mass is 32.1. The van der Waals surface area contributed by atoms with E-state index in [-0.39, 0.29) is 18.9 Å². The number of halogens is 2. The van der Waals surface area contributed by atoms with E-state index in [1.165, 1.54) is 22.0 Å². The van der Waals surface area contributed by atoms with Crippen molar-refractivity contribution in [1.82, 2.24) is 9.55 Å². The third kappa shape index (κ3) is 2.96. The Hall–Kier alpha value is -2.87. The molecule has 25 heavy (non-hydrogen) atoms. The van der Waals surface area contributed by atoms with E-state index in [9.17, 15) is 13.6 Å². The van der Waals surface area contributed by atoms with Gasteiger partial charge in [-0.1, -0.05) is 17.4 Å². The Balaban J connectivity index is 1.72. The fourth-order valence-electron chi connectivity index (χ4n) is 2.55. The molecule has 1 aliphatic rings. The fourth-order valence-corrected chi connectivity index (χ4v) is 3.50. The molecule has 0 aliphatic carbocycles. The zero-order chi connectivity index (χ0) is 17.4. The van der Waals surface area contributed by atoms with E-state index in [1.54, 1.807) is 23.2 Å². The Bertz CT molecular complexity index is 1110. The quantitative estimate of drug-likeness (QED) is 0.697. The minimum Gasteiger partial charge on any atom is -0.333 e. The first-order chi connectivity index (χ1) is 12.1. The average molecular weight is 358 g/mol. The lowest BCUT2D eigenvalue weighted by atomic mass is 10.3. The van der Waals surface area contributed by atoms with Crippen molar-refractivity contribution in [3.05, 3.63) is 79.6 Å². The molecule has 3 heterocycles. The van der Waals surface area contributed by atoms with Crippen LogP contribution in [0.5, 0.6) is 0 Å². The van der Waals surface area contributed by atoms with E-state index in [1.807, 2.05) is 12.1 Å². The van der Waals surface area contributed by atoms with Crippen LogP contribution in [0.4, 0.5) is 14.5 Å². The van der Waals surface area contributed by atoms with Gasteiger partial charge >= 0.3 is 0 Å². The highest BCUT2D eigenvalue weighted by molar-refractivity contribution is 7.07. The molecule has 126 valence electrons. The van der Waals surface area contributed by atoms with Crippen LogP contribution in [0.1, 0.15) is 5.69 Å². The Morgan fingerprint density at radius 2 is 2.04 bits per heavy atom. The maximum absolute atomic E-state index is 13.4. The molecule has 0 saturated carbocycles. The van der Waals surface area contributed by atoms with Gasteiger partial charge in [-0.2, -0.15) is 0 Å². The van der Waals surface area contributed by atoms with E-state index in [0.29, 0.717) is 20.7 Å². The van der Waals surface area contributed by atoms with E-state index in [2.05, 4.69) is 9.98 Å². The number of rotatable bonds is 2. The van der Waals surface area contributed by atoms with Crippen LogP contribution in [0.25, 0.3) is 6.08 Å². The zero-order valence-electron chi connectivity index (χ0n) is 12.9. The highest BCUT2D eigenvalue weighted by Gasteiger charge is 2.17. The molecule has 3 aromatic rings. The Morgan fingerprint density at radius 3 is 2.80 bits per heavy atom. The molecule has 0 radical (unpaired) electrons. The van der Waals surface area contributed by atoms with E-state index in [4.69, 9.17) is 0 Å². The molecular formula is C17H12F2N4OS. The Kier molecular flexibility index (Phi) is 3.89. The average Bonchev–Trinajstić information content (AvgIpc) is 2.94. The number of pyridine rings is 1. The maximum Gasteiger partial charge on any atom is 0.271 e. The van der Waals surface area contributed by atoms with Gasteiger partial charge < -0.3 is 4.90 Å². The van der Waals surface area contributed by atoms with Gasteiger partial charge in [0.15, 0.2) is 16.4 Å². The summed E-state index contributed by atoms with van der Waals surface area (Å²) in [5.74, 6) is -1.83. The van der Waals surface area contributed by atoms with Crippen molar-refractivity contribution in [2.24, 2.45) is 4.99 Å². The number of aromatic nitrogens is 2. The van der Waals surface area contributed by atoms with Crippen LogP contribution in [-0.4, -0.2) is 16.2 Å². The lowest BCUT2D eigenvalue weighted by molar-refractivity contribution is 0.506. The minimum absolute atomic E-state index is 0.179. The number of anilines is 1. The van der Waals surface area contributed by atoms with Gasteiger partial charge in [0.25, 0.3) is 5.56 Å². The molecule has 2 aromatic heterocycles. The zero-order valence-corrected chi connectivity index (χ0v) is 13.7. The van der Waals surface area contributed by atoms with Crippen molar-refractivity contribution < 1.29 is 8.78 Å². The molecule has 0 spiro atoms. The molecule has 0 saturated heterocycles. The van der Waals surface area contributed by atoms with Crippen LogP contribution in [0.3, 0.4) is 0 Å². The van der Waals surface area contributed by atoms with Crippen molar-refractivity contribution in [2.45, 2.75) is 6.67 Å². The first kappa shape index (κ1) is 15.6. The molecule has 4 rings (SSSR count). The van der Waals surface area contributed by atoms with Crippen LogP contribution in [0, 0.1) is 11.6 Å². The molecule has 0 atom stereocenters. The molecule has 1 aliphatic heterocycles. The Labute approximate surface area is 144 Å². The summed E-state index contributed by atoms with van der Waals surface area (Å²) >= 11 is 1.29. The van der Waals surface area contributed by atoms with Gasteiger partial charge in [0.05, 0.1) is 10.2 Å². The van der Waals surface area contributed by atoms with Gasteiger partial charge in [-0.25, -0.2) is 13.8 Å². The minimum atomic E-state index is -0.926. The van der Waals surface area contributed by atoms with Crippen molar-refractivity contribution in [3.63, 3.8) is 0 Å². The van der Waals surface area contributed by atoms with Gasteiger partial charge in [0.2, 0.25) is 0 Å². The molecular weight excluding hydrogens is 346 g/mol. The van der Waals surface area contributed by atoms with E-state index < -0.39 is 11.6 Å². The normalized spacial score (nSPS) is 14.3. The van der Waals surface area contributed by atoms with Gasteiger partial charge in [0, 0.05) is 18.0 Å². The van der Waals surface area contributed by atoms with Gasteiger partial charge in [-0.15, -0.1) is 0 Å². The summed E-state index contributed by atoms with van der Waals surface area (Å²) in [5, 5.41) is 0. The van der Waals surface area contributed by atoms with Crippen LogP contribution >= 0.6 is 11.3 Å². The first-order valence-electron chi connectivity index (χ1n) is 7.49. The second-order valence-corrected chi connectivity index (χ2v) is 6.47. The summed E-state index contributed by atoms with van der Waals surface area (Å²) in [7, 11) is 0. The monoisotopic (exact) mass is 358 g/mol. The van der Waals surface area contributed by atoms with E-state index >= 15 is 0 Å². The van der Waals surface area contributed by atoms with E-state index in [0.717, 1.165) is 12.1 Å². The fraction of sp³-hybridized carbons (Fsp3) is 0.118. The van der Waals surface area contributed by atoms with Crippen LogP contribution in [-0.2, 0) is 6.67 Å². The smallest absolute Gasteiger partial charge is 0.271 e. The molecule has 0 amide bonds. The predicted octanol–water partition coefficient (Wildman–Crippen LogP) is 1.47. The molecule has 5 nitrogen and oxygen atoms in total. The first-order valence-corrected chi connectivity index (χ1v) is 8.30. The van der Waals surface area contributed by atoms with Gasteiger partial charge in [-0.05, 0) is 30.3 Å². The largest absolute Gasteiger partial charge is 0.333 e. The van der Waals surface area contributed by atoms with Crippen molar-refractivity contribution in [2.75, 3.05) is 11.6 Å². The standard InChI is InChI=1S/C17H12F2N4OS/c18-13-5-4-12(8-14(13)19)22-9-21-17-23(10-22)16(24)15(25-17)7-11-3-1-2-6-20-11/h1-8H,9-10H2/b15-7-. The number of hydrogen-bond acceptors (Lipinski definition) is 5. The highest BCUT2D eigenvalue weighted by Crippen LogP contribution is 2.19. The Morgan fingerprint density at radius 1 is 1.16 bits per heavy atom. The molecule has 0 N–H and O–H groups in total. The van der Waals surface area contributed by atoms with Crippen molar-refractivity contribution in [3.8, 4) is 0 Å². The maximum atomic E-state index is 13.4. The number of thiazole rings is 1. The second-order valence-electron chi connectivity index (χ2n) is 5.46. The summed E-state index contributed by atoms with van der Waals surface area (Å²) in [6, 6.07) is 9.10. The van der Waals surface area contributed by atoms with Crippen LogP contribution < -0.4 is 19.8 Å². The van der Waals surface area contributed by atoms with Crippen molar-refractivity contribution in [1.29, 1.82) is 0 Å². The molecule has 8 heteroatoms. The predicted molar refractivity (Wildman–Crippen MR) is 90.9 cm³/mol. The summed E-state index contributed by atoms with van der Waals surface area (Å²) in [4.78, 5) is 23.5. The number of benzene rings is 1. The number of fused-ring (bicyclic) bond motifs is 1. The van der Waals surface area contributed by atoms with Gasteiger partial charge in [-0.3, -0.25) is 14.3 Å². The summed E-state index contributed by atoms with van der Waals surface area (Å²) in [6.07, 6.45) is 3.38. The third-order valence-corrected chi connectivity index (χ3v) is 4.86. The van der Waals surface area contributed by atoms with Gasteiger partial charge in [0.1, 0.15) is 13.3 Å². The molecule has 1 aromatic carbocycles. The topological polar surface area (TPSA) is 50.5 Å². The lowest BCUT2D eigenvalue weighted by Crippen LogP contribution is -2.42. The second kappa shape index (κ2) is 6.21. The molecule has 0 fully saturated rings. The molecule has 0 bridgehead atoms. The summed E-state index contributed by atoms with van der Waals surface area (Å²) < 4.78 is 28.6. The van der Waals surface area contributed by atoms with Crippen LogP contribution in [0.2, 0.25) is 0 Å². The third-order valence-electron chi connectivity index (χ3n) is 3.81. The summed E-state index contributed by atoms with van der Waals surface area (Å²) in [6.45, 7) is 0.503. The SMILES string of the molecule is O=c1/c(=C/c2ccccn2)sc2n1CN(c1ccc(F)c(F)c1)CN=2. The summed E-state index contributed by atoms with van der Waals surface area (Å²) in [5.41, 5.74) is 0.986. The lowest BCUT2D eigenvalue weighted by Gasteiger charge is -2.25. The molecule has 0 unspecified atom stereocenters.